The van der Waals surface area contributed by atoms with E-state index in [0.29, 0.717) is 12.1 Å². The average molecular weight is 446 g/mol. The molecular formula is C18H31IN4O. The van der Waals surface area contributed by atoms with Gasteiger partial charge in [0.25, 0.3) is 0 Å². The van der Waals surface area contributed by atoms with Crippen molar-refractivity contribution in [2.75, 3.05) is 39.9 Å². The summed E-state index contributed by atoms with van der Waals surface area (Å²) in [7, 11) is 1.81. The fourth-order valence-electron chi connectivity index (χ4n) is 2.80. The summed E-state index contributed by atoms with van der Waals surface area (Å²) in [6.45, 7) is 10.7. The van der Waals surface area contributed by atoms with Gasteiger partial charge in [-0.15, -0.1) is 24.0 Å². The van der Waals surface area contributed by atoms with Crippen molar-refractivity contribution in [2.45, 2.75) is 32.9 Å². The van der Waals surface area contributed by atoms with Gasteiger partial charge in [-0.1, -0.05) is 29.8 Å². The van der Waals surface area contributed by atoms with Crippen LogP contribution in [0.4, 0.5) is 0 Å². The van der Waals surface area contributed by atoms with Crippen LogP contribution in [0.2, 0.25) is 0 Å². The lowest BCUT2D eigenvalue weighted by Gasteiger charge is -2.35. The number of aryl methyl sites for hydroxylation is 1. The van der Waals surface area contributed by atoms with Gasteiger partial charge >= 0.3 is 0 Å². The number of hydrogen-bond acceptors (Lipinski definition) is 3. The lowest BCUT2D eigenvalue weighted by atomic mass is 10.0. The van der Waals surface area contributed by atoms with Crippen molar-refractivity contribution in [1.29, 1.82) is 0 Å². The molecule has 0 aliphatic carbocycles. The maximum absolute atomic E-state index is 5.51. The summed E-state index contributed by atoms with van der Waals surface area (Å²) in [6.07, 6.45) is 0. The van der Waals surface area contributed by atoms with Crippen LogP contribution in [-0.2, 0) is 4.74 Å². The smallest absolute Gasteiger partial charge is 0.191 e. The molecule has 1 fully saturated rings. The average Bonchev–Trinajstić information content (AvgIpc) is 2.56. The molecule has 0 amide bonds. The predicted molar refractivity (Wildman–Crippen MR) is 111 cm³/mol. The van der Waals surface area contributed by atoms with Crippen molar-refractivity contribution >= 4 is 29.9 Å². The van der Waals surface area contributed by atoms with Crippen LogP contribution in [0.3, 0.4) is 0 Å². The van der Waals surface area contributed by atoms with Crippen molar-refractivity contribution < 1.29 is 4.74 Å². The summed E-state index contributed by atoms with van der Waals surface area (Å²) < 4.78 is 5.51. The number of benzene rings is 1. The minimum absolute atomic E-state index is 0. The first-order valence-corrected chi connectivity index (χ1v) is 8.45. The number of nitrogens with one attached hydrogen (secondary N) is 2. The van der Waals surface area contributed by atoms with E-state index in [2.05, 4.69) is 65.6 Å². The molecule has 0 radical (unpaired) electrons. The molecule has 1 saturated heterocycles. The van der Waals surface area contributed by atoms with Crippen LogP contribution in [-0.4, -0.2) is 56.8 Å². The van der Waals surface area contributed by atoms with E-state index in [1.54, 1.807) is 0 Å². The summed E-state index contributed by atoms with van der Waals surface area (Å²) in [4.78, 5) is 6.79. The van der Waals surface area contributed by atoms with E-state index in [9.17, 15) is 0 Å². The third-order valence-electron chi connectivity index (χ3n) is 4.06. The molecule has 0 bridgehead atoms. The number of halogens is 1. The Morgan fingerprint density at radius 3 is 2.38 bits per heavy atom. The molecule has 1 atom stereocenters. The van der Waals surface area contributed by atoms with Crippen LogP contribution < -0.4 is 10.6 Å². The standard InChI is InChI=1S/C18H30N4O.HI/c1-14(2)21-18(19-4)20-13-17(22-9-11-23-12-10-22)16-7-5-15(3)6-8-16;/h5-8,14,17H,9-13H2,1-4H3,(H2,19,20,21);1H. The fourth-order valence-corrected chi connectivity index (χ4v) is 2.80. The third-order valence-corrected chi connectivity index (χ3v) is 4.06. The molecule has 1 heterocycles. The molecule has 1 aromatic carbocycles. The van der Waals surface area contributed by atoms with Crippen molar-refractivity contribution in [1.82, 2.24) is 15.5 Å². The Hall–Kier alpha value is -0.860. The number of morpholine rings is 1. The molecule has 136 valence electrons. The zero-order valence-electron chi connectivity index (χ0n) is 15.2. The van der Waals surface area contributed by atoms with Crippen LogP contribution in [0.15, 0.2) is 29.3 Å². The number of rotatable bonds is 5. The van der Waals surface area contributed by atoms with Crippen molar-refractivity contribution in [3.05, 3.63) is 35.4 Å². The molecule has 1 aliphatic rings. The van der Waals surface area contributed by atoms with Gasteiger partial charge in [0, 0.05) is 32.7 Å². The largest absolute Gasteiger partial charge is 0.379 e. The van der Waals surface area contributed by atoms with Gasteiger partial charge in [0.15, 0.2) is 5.96 Å². The topological polar surface area (TPSA) is 48.9 Å². The molecule has 1 unspecified atom stereocenters. The predicted octanol–water partition coefficient (Wildman–Crippen LogP) is 2.56. The quantitative estimate of drug-likeness (QED) is 0.415. The van der Waals surface area contributed by atoms with Crippen LogP contribution in [0.1, 0.15) is 31.0 Å². The Morgan fingerprint density at radius 2 is 1.83 bits per heavy atom. The Balaban J connectivity index is 0.00000288. The number of nitrogens with zero attached hydrogens (tertiary/aromatic N) is 2. The summed E-state index contributed by atoms with van der Waals surface area (Å²) in [5, 5.41) is 6.81. The van der Waals surface area contributed by atoms with Crippen LogP contribution in [0, 0.1) is 6.92 Å². The second-order valence-corrected chi connectivity index (χ2v) is 6.33. The molecular weight excluding hydrogens is 415 g/mol. The van der Waals surface area contributed by atoms with E-state index in [1.807, 2.05) is 7.05 Å². The highest BCUT2D eigenvalue weighted by Gasteiger charge is 2.22. The molecule has 6 heteroatoms. The molecule has 1 aliphatic heterocycles. The van der Waals surface area contributed by atoms with Crippen molar-refractivity contribution in [3.63, 3.8) is 0 Å². The highest BCUT2D eigenvalue weighted by molar-refractivity contribution is 14.0. The summed E-state index contributed by atoms with van der Waals surface area (Å²) in [6, 6.07) is 9.52. The second kappa shape index (κ2) is 10.9. The minimum Gasteiger partial charge on any atom is -0.379 e. The first kappa shape index (κ1) is 21.2. The number of ether oxygens (including phenoxy) is 1. The van der Waals surface area contributed by atoms with Crippen molar-refractivity contribution in [3.8, 4) is 0 Å². The lowest BCUT2D eigenvalue weighted by molar-refractivity contribution is 0.0170. The van der Waals surface area contributed by atoms with Gasteiger partial charge in [-0.3, -0.25) is 9.89 Å². The maximum atomic E-state index is 5.51. The maximum Gasteiger partial charge on any atom is 0.191 e. The Morgan fingerprint density at radius 1 is 1.21 bits per heavy atom. The van der Waals surface area contributed by atoms with Gasteiger partial charge in [0.2, 0.25) is 0 Å². The van der Waals surface area contributed by atoms with Crippen LogP contribution in [0.5, 0.6) is 0 Å². The van der Waals surface area contributed by atoms with Gasteiger partial charge < -0.3 is 15.4 Å². The van der Waals surface area contributed by atoms with E-state index in [0.717, 1.165) is 38.8 Å². The summed E-state index contributed by atoms with van der Waals surface area (Å²) in [5.74, 6) is 0.852. The normalized spacial score (nSPS) is 17.3. The van der Waals surface area contributed by atoms with Gasteiger partial charge in [-0.05, 0) is 26.3 Å². The Bertz CT molecular complexity index is 498. The molecule has 1 aromatic rings. The Labute approximate surface area is 163 Å². The Kier molecular flexibility index (Phi) is 9.61. The molecule has 2 N–H and O–H groups in total. The third kappa shape index (κ3) is 6.57. The molecule has 0 aromatic heterocycles. The van der Waals surface area contributed by atoms with E-state index in [-0.39, 0.29) is 24.0 Å². The fraction of sp³-hybridized carbons (Fsp3) is 0.611. The SMILES string of the molecule is CN=C(NCC(c1ccc(C)cc1)N1CCOCC1)NC(C)C.I. The number of hydrogen-bond donors (Lipinski definition) is 2. The van der Waals surface area contributed by atoms with Gasteiger partial charge in [-0.2, -0.15) is 0 Å². The molecule has 0 spiro atoms. The summed E-state index contributed by atoms with van der Waals surface area (Å²) in [5.41, 5.74) is 2.63. The molecule has 24 heavy (non-hydrogen) atoms. The summed E-state index contributed by atoms with van der Waals surface area (Å²) >= 11 is 0. The molecule has 2 rings (SSSR count). The first-order chi connectivity index (χ1) is 11.1. The monoisotopic (exact) mass is 446 g/mol. The lowest BCUT2D eigenvalue weighted by Crippen LogP contribution is -2.47. The van der Waals surface area contributed by atoms with E-state index < -0.39 is 0 Å². The number of guanidine groups is 1. The van der Waals surface area contributed by atoms with E-state index in [4.69, 9.17) is 4.74 Å². The van der Waals surface area contributed by atoms with Crippen LogP contribution in [0.25, 0.3) is 0 Å². The highest BCUT2D eigenvalue weighted by Crippen LogP contribution is 2.21. The molecule has 0 saturated carbocycles. The van der Waals surface area contributed by atoms with Gasteiger partial charge in [0.1, 0.15) is 0 Å². The zero-order valence-corrected chi connectivity index (χ0v) is 17.5. The molecule has 5 nitrogen and oxygen atoms in total. The zero-order chi connectivity index (χ0) is 16.7. The van der Waals surface area contributed by atoms with Crippen molar-refractivity contribution in [2.24, 2.45) is 4.99 Å². The van der Waals surface area contributed by atoms with Crippen LogP contribution >= 0.6 is 24.0 Å². The van der Waals surface area contributed by atoms with Gasteiger partial charge in [-0.25, -0.2) is 0 Å². The van der Waals surface area contributed by atoms with E-state index in [1.165, 1.54) is 11.1 Å². The first-order valence-electron chi connectivity index (χ1n) is 8.45. The highest BCUT2D eigenvalue weighted by atomic mass is 127. The second-order valence-electron chi connectivity index (χ2n) is 6.33. The number of aliphatic imine (C=N–C) groups is 1. The van der Waals surface area contributed by atoms with E-state index >= 15 is 0 Å². The van der Waals surface area contributed by atoms with Gasteiger partial charge in [0.05, 0.1) is 19.3 Å². The minimum atomic E-state index is 0.